The third kappa shape index (κ3) is 6.02. The fourth-order valence-electron chi connectivity index (χ4n) is 2.04. The van der Waals surface area contributed by atoms with Gasteiger partial charge in [0, 0.05) is 18.7 Å². The van der Waals surface area contributed by atoms with E-state index in [0.29, 0.717) is 18.2 Å². The Balaban J connectivity index is 2.58. The highest BCUT2D eigenvalue weighted by molar-refractivity contribution is 5.92. The summed E-state index contributed by atoms with van der Waals surface area (Å²) in [5, 5.41) is 2.81. The van der Waals surface area contributed by atoms with Crippen LogP contribution in [0.2, 0.25) is 0 Å². The van der Waals surface area contributed by atoms with Crippen LogP contribution >= 0.6 is 0 Å². The molecule has 0 radical (unpaired) electrons. The molecule has 5 heteroatoms. The molecule has 0 aliphatic rings. The van der Waals surface area contributed by atoms with Crippen LogP contribution in [0.5, 0.6) is 5.88 Å². The van der Waals surface area contributed by atoms with Crippen molar-refractivity contribution in [2.24, 2.45) is 11.1 Å². The molecule has 0 saturated carbocycles. The largest absolute Gasteiger partial charge is 0.476 e. The fourth-order valence-corrected chi connectivity index (χ4v) is 2.04. The predicted molar refractivity (Wildman–Crippen MR) is 80.7 cm³/mol. The number of aromatic nitrogens is 1. The van der Waals surface area contributed by atoms with Gasteiger partial charge in [-0.15, -0.1) is 0 Å². The highest BCUT2D eigenvalue weighted by Crippen LogP contribution is 2.23. The number of carbonyl (C=O) groups excluding carboxylic acids is 1. The quantitative estimate of drug-likeness (QED) is 0.839. The first kappa shape index (κ1) is 16.4. The molecule has 0 aliphatic heterocycles. The van der Waals surface area contributed by atoms with Crippen molar-refractivity contribution in [2.75, 3.05) is 11.9 Å². The van der Waals surface area contributed by atoms with Gasteiger partial charge in [0.2, 0.25) is 11.8 Å². The zero-order chi connectivity index (χ0) is 15.2. The first-order chi connectivity index (χ1) is 9.31. The number of amides is 1. The van der Waals surface area contributed by atoms with Gasteiger partial charge in [-0.2, -0.15) is 0 Å². The minimum absolute atomic E-state index is 0.115. The summed E-state index contributed by atoms with van der Waals surface area (Å²) < 4.78 is 5.37. The Bertz CT molecular complexity index is 441. The molecule has 0 fully saturated rings. The molecule has 0 aromatic carbocycles. The maximum Gasteiger partial charge on any atom is 0.237 e. The van der Waals surface area contributed by atoms with Crippen molar-refractivity contribution in [3.05, 3.63) is 18.3 Å². The van der Waals surface area contributed by atoms with E-state index < -0.39 is 0 Å². The van der Waals surface area contributed by atoms with Gasteiger partial charge in [-0.1, -0.05) is 20.8 Å². The Labute approximate surface area is 120 Å². The molecular weight excluding hydrogens is 254 g/mol. The van der Waals surface area contributed by atoms with Crippen LogP contribution in [-0.4, -0.2) is 23.5 Å². The van der Waals surface area contributed by atoms with Gasteiger partial charge >= 0.3 is 0 Å². The van der Waals surface area contributed by atoms with Crippen molar-refractivity contribution in [3.63, 3.8) is 0 Å². The van der Waals surface area contributed by atoms with E-state index in [1.807, 2.05) is 6.92 Å². The third-order valence-corrected chi connectivity index (χ3v) is 2.65. The number of nitrogens with zero attached hydrogens (tertiary/aromatic N) is 1. The second-order valence-corrected chi connectivity index (χ2v) is 6.07. The molecule has 1 aromatic heterocycles. The lowest BCUT2D eigenvalue weighted by molar-refractivity contribution is -0.116. The summed E-state index contributed by atoms with van der Waals surface area (Å²) in [6.45, 7) is 8.71. The fraction of sp³-hybridized carbons (Fsp3) is 0.600. The minimum Gasteiger partial charge on any atom is -0.476 e. The summed E-state index contributed by atoms with van der Waals surface area (Å²) >= 11 is 0. The number of nitrogens with two attached hydrogens (primary N) is 1. The van der Waals surface area contributed by atoms with Crippen molar-refractivity contribution < 1.29 is 9.53 Å². The van der Waals surface area contributed by atoms with Gasteiger partial charge in [-0.05, 0) is 30.9 Å². The van der Waals surface area contributed by atoms with Gasteiger partial charge < -0.3 is 15.8 Å². The van der Waals surface area contributed by atoms with Gasteiger partial charge in [0.25, 0.3) is 0 Å². The number of rotatable bonds is 6. The summed E-state index contributed by atoms with van der Waals surface area (Å²) in [5.41, 5.74) is 6.70. The second kappa shape index (κ2) is 7.24. The normalized spacial score (nSPS) is 12.8. The van der Waals surface area contributed by atoms with Crippen LogP contribution < -0.4 is 15.8 Å². The lowest BCUT2D eigenvalue weighted by atomic mass is 9.87. The summed E-state index contributed by atoms with van der Waals surface area (Å²) in [6.07, 6.45) is 2.72. The van der Waals surface area contributed by atoms with Gasteiger partial charge in [0.05, 0.1) is 6.61 Å². The molecule has 1 atom stereocenters. The predicted octanol–water partition coefficient (Wildman–Crippen LogP) is 2.57. The summed E-state index contributed by atoms with van der Waals surface area (Å²) in [5.74, 6) is 0.323. The SMILES string of the molecule is CCOc1ncccc1NC(=O)CC(N)CC(C)(C)C. The molecule has 1 unspecified atom stereocenters. The topological polar surface area (TPSA) is 77.2 Å². The van der Waals surface area contributed by atoms with Crippen LogP contribution in [0.4, 0.5) is 5.69 Å². The van der Waals surface area contributed by atoms with Crippen molar-refractivity contribution in [3.8, 4) is 5.88 Å². The number of nitrogens with one attached hydrogen (secondary N) is 1. The molecule has 112 valence electrons. The first-order valence-corrected chi connectivity index (χ1v) is 6.95. The van der Waals surface area contributed by atoms with E-state index >= 15 is 0 Å². The molecule has 1 amide bonds. The summed E-state index contributed by atoms with van der Waals surface area (Å²) in [7, 11) is 0. The highest BCUT2D eigenvalue weighted by Gasteiger charge is 2.18. The summed E-state index contributed by atoms with van der Waals surface area (Å²) in [6, 6.07) is 3.38. The van der Waals surface area contributed by atoms with E-state index in [0.717, 1.165) is 6.42 Å². The molecular formula is C15H25N3O2. The molecule has 1 aromatic rings. The molecule has 3 N–H and O–H groups in total. The zero-order valence-corrected chi connectivity index (χ0v) is 12.8. The smallest absolute Gasteiger partial charge is 0.237 e. The van der Waals surface area contributed by atoms with Crippen LogP contribution in [-0.2, 0) is 4.79 Å². The van der Waals surface area contributed by atoms with Crippen molar-refractivity contribution in [1.82, 2.24) is 4.98 Å². The lowest BCUT2D eigenvalue weighted by Gasteiger charge is -2.22. The number of hydrogen-bond acceptors (Lipinski definition) is 4. The van der Waals surface area contributed by atoms with Gasteiger partial charge in [0.1, 0.15) is 5.69 Å². The summed E-state index contributed by atoms with van der Waals surface area (Å²) in [4.78, 5) is 16.1. The molecule has 0 spiro atoms. The maximum absolute atomic E-state index is 12.0. The monoisotopic (exact) mass is 279 g/mol. The Kier molecular flexibility index (Phi) is 5.95. The Morgan fingerprint density at radius 1 is 1.50 bits per heavy atom. The van der Waals surface area contributed by atoms with Crippen LogP contribution in [0, 0.1) is 5.41 Å². The molecule has 20 heavy (non-hydrogen) atoms. The number of hydrogen-bond donors (Lipinski definition) is 2. The zero-order valence-electron chi connectivity index (χ0n) is 12.8. The lowest BCUT2D eigenvalue weighted by Crippen LogP contribution is -2.31. The van der Waals surface area contributed by atoms with E-state index in [1.165, 1.54) is 0 Å². The van der Waals surface area contributed by atoms with Crippen LogP contribution in [0.15, 0.2) is 18.3 Å². The average Bonchev–Trinajstić information content (AvgIpc) is 2.29. The number of ether oxygens (including phenoxy) is 1. The van der Waals surface area contributed by atoms with E-state index in [9.17, 15) is 4.79 Å². The standard InChI is InChI=1S/C15H25N3O2/c1-5-20-14-12(7-6-8-17-14)18-13(19)9-11(16)10-15(2,3)4/h6-8,11H,5,9-10,16H2,1-4H3,(H,18,19). The molecule has 0 saturated heterocycles. The van der Waals surface area contributed by atoms with E-state index in [1.54, 1.807) is 18.3 Å². The van der Waals surface area contributed by atoms with Gasteiger partial charge in [-0.3, -0.25) is 4.79 Å². The molecule has 0 aliphatic carbocycles. The van der Waals surface area contributed by atoms with Crippen molar-refractivity contribution in [2.45, 2.75) is 46.6 Å². The third-order valence-electron chi connectivity index (χ3n) is 2.65. The van der Waals surface area contributed by atoms with E-state index in [4.69, 9.17) is 10.5 Å². The van der Waals surface area contributed by atoms with Gasteiger partial charge in [-0.25, -0.2) is 4.98 Å². The number of pyridine rings is 1. The molecule has 1 rings (SSSR count). The van der Waals surface area contributed by atoms with Crippen LogP contribution in [0.25, 0.3) is 0 Å². The Morgan fingerprint density at radius 3 is 2.80 bits per heavy atom. The number of anilines is 1. The Morgan fingerprint density at radius 2 is 2.20 bits per heavy atom. The van der Waals surface area contributed by atoms with Crippen LogP contribution in [0.1, 0.15) is 40.5 Å². The highest BCUT2D eigenvalue weighted by atomic mass is 16.5. The van der Waals surface area contributed by atoms with E-state index in [-0.39, 0.29) is 23.8 Å². The second-order valence-electron chi connectivity index (χ2n) is 6.07. The Hall–Kier alpha value is -1.62. The van der Waals surface area contributed by atoms with E-state index in [2.05, 4.69) is 31.1 Å². The van der Waals surface area contributed by atoms with Crippen molar-refractivity contribution in [1.29, 1.82) is 0 Å². The molecule has 1 heterocycles. The molecule has 0 bridgehead atoms. The maximum atomic E-state index is 12.0. The number of carbonyl (C=O) groups is 1. The minimum atomic E-state index is -0.151. The van der Waals surface area contributed by atoms with Gasteiger partial charge in [0.15, 0.2) is 0 Å². The average molecular weight is 279 g/mol. The first-order valence-electron chi connectivity index (χ1n) is 6.95. The molecule has 5 nitrogen and oxygen atoms in total. The van der Waals surface area contributed by atoms with Crippen molar-refractivity contribution >= 4 is 11.6 Å². The van der Waals surface area contributed by atoms with Crippen LogP contribution in [0.3, 0.4) is 0 Å².